The second kappa shape index (κ2) is 12.3. The molecule has 1 aliphatic heterocycles. The van der Waals surface area contributed by atoms with Gasteiger partial charge >= 0.3 is 6.18 Å². The molecule has 0 saturated heterocycles. The van der Waals surface area contributed by atoms with Crippen molar-refractivity contribution in [2.24, 2.45) is 15.2 Å². The largest absolute Gasteiger partial charge is 0.416 e. The maximum atomic E-state index is 12.9. The van der Waals surface area contributed by atoms with Gasteiger partial charge in [0.05, 0.1) is 23.9 Å². The number of hydrogen-bond acceptors (Lipinski definition) is 5. The number of nitrogens with two attached hydrogens (primary N) is 1. The van der Waals surface area contributed by atoms with E-state index < -0.39 is 11.7 Å². The summed E-state index contributed by atoms with van der Waals surface area (Å²) in [4.78, 5) is 5.41. The highest BCUT2D eigenvalue weighted by atomic mass is 35.5. The van der Waals surface area contributed by atoms with Crippen LogP contribution in [0.4, 0.5) is 13.2 Å². The fourth-order valence-corrected chi connectivity index (χ4v) is 4.93. The third-order valence-electron chi connectivity index (χ3n) is 5.62. The number of alkyl halides is 3. The number of benzene rings is 3. The molecule has 5 nitrogen and oxygen atoms in total. The summed E-state index contributed by atoms with van der Waals surface area (Å²) in [6.45, 7) is 2.47. The van der Waals surface area contributed by atoms with E-state index in [1.807, 2.05) is 49.4 Å². The van der Waals surface area contributed by atoms with Gasteiger partial charge in [-0.05, 0) is 66.4 Å². The summed E-state index contributed by atoms with van der Waals surface area (Å²) in [6.07, 6.45) is -4.38. The maximum Gasteiger partial charge on any atom is 0.416 e. The zero-order valence-corrected chi connectivity index (χ0v) is 22.2. The van der Waals surface area contributed by atoms with Crippen LogP contribution in [-0.2, 0) is 6.18 Å². The van der Waals surface area contributed by atoms with Gasteiger partial charge in [-0.1, -0.05) is 66.0 Å². The fraction of sp³-hybridized carbons (Fsp3) is 0.231. The lowest BCUT2D eigenvalue weighted by molar-refractivity contribution is -0.137. The van der Waals surface area contributed by atoms with Crippen LogP contribution in [0.3, 0.4) is 0 Å². The number of aliphatic imine (C=N–C) groups is 1. The monoisotopic (exact) mass is 563 g/mol. The number of guanidine groups is 1. The summed E-state index contributed by atoms with van der Waals surface area (Å²) < 4.78 is 42.1. The maximum absolute atomic E-state index is 12.9. The van der Waals surface area contributed by atoms with Crippen LogP contribution in [0.2, 0.25) is 5.02 Å². The van der Waals surface area contributed by atoms with E-state index in [2.05, 4.69) is 16.9 Å². The molecule has 3 aromatic carbocycles. The molecule has 1 unspecified atom stereocenters. The molecule has 3 N–H and O–H groups in total. The van der Waals surface area contributed by atoms with Gasteiger partial charge in [0, 0.05) is 21.6 Å². The Balaban J connectivity index is 1.63. The molecule has 0 fully saturated rings. The van der Waals surface area contributed by atoms with Crippen molar-refractivity contribution in [1.29, 1.82) is 0 Å². The summed E-state index contributed by atoms with van der Waals surface area (Å²) in [5.74, 6) is 1.07. The van der Waals surface area contributed by atoms with Crippen molar-refractivity contribution in [3.63, 3.8) is 0 Å². The van der Waals surface area contributed by atoms with Crippen molar-refractivity contribution >= 4 is 47.2 Å². The Bertz CT molecular complexity index is 1240. The van der Waals surface area contributed by atoms with E-state index >= 15 is 0 Å². The molecule has 1 heterocycles. The summed E-state index contributed by atoms with van der Waals surface area (Å²) in [5, 5.41) is 13.0. The molecule has 4 rings (SSSR count). The molecule has 37 heavy (non-hydrogen) atoms. The van der Waals surface area contributed by atoms with Gasteiger partial charge in [-0.15, -0.1) is 0 Å². The molecule has 0 radical (unpaired) electrons. The van der Waals surface area contributed by atoms with Crippen LogP contribution in [0.1, 0.15) is 29.5 Å². The minimum Gasteiger partial charge on any atom is -0.295 e. The zero-order chi connectivity index (χ0) is 26.4. The van der Waals surface area contributed by atoms with Gasteiger partial charge in [0.1, 0.15) is 0 Å². The smallest absolute Gasteiger partial charge is 0.295 e. The van der Waals surface area contributed by atoms with Gasteiger partial charge in [-0.2, -0.15) is 18.3 Å². The van der Waals surface area contributed by atoms with Gasteiger partial charge < -0.3 is 0 Å². The van der Waals surface area contributed by atoms with E-state index in [9.17, 15) is 13.2 Å². The van der Waals surface area contributed by atoms with Crippen LogP contribution in [0.25, 0.3) is 0 Å². The number of hydrogen-bond donors (Lipinski definition) is 2. The summed E-state index contributed by atoms with van der Waals surface area (Å²) in [7, 11) is 0. The molecule has 0 bridgehead atoms. The molecule has 194 valence electrons. The van der Waals surface area contributed by atoms with Gasteiger partial charge in [0.2, 0.25) is 5.96 Å². The predicted octanol–water partition coefficient (Wildman–Crippen LogP) is 6.81. The Morgan fingerprint density at radius 3 is 2.41 bits per heavy atom. The first-order valence-electron chi connectivity index (χ1n) is 11.4. The number of hydrazone groups is 1. The Morgan fingerprint density at radius 1 is 1.11 bits per heavy atom. The third-order valence-corrected chi connectivity index (χ3v) is 7.34. The standard InChI is InChI=1S/C26H25ClF3N5S2/c1-17(16-36-31)32-25(34-37-22-13-9-20(10-14-22)26(28,29)30)35-15-23(18-5-3-2-4-6-18)24(33-35)19-7-11-21(27)12-8-19/h2-14,17,23H,15-16,31H2,1H3,(H,32,34)/t17-,23?/m0/s1. The summed E-state index contributed by atoms with van der Waals surface area (Å²) >= 11 is 8.49. The van der Waals surface area contributed by atoms with Crippen molar-refractivity contribution in [2.45, 2.75) is 30.0 Å². The number of nitrogens with one attached hydrogen (secondary N) is 1. The van der Waals surface area contributed by atoms with Gasteiger partial charge in [-0.3, -0.25) is 9.86 Å². The van der Waals surface area contributed by atoms with E-state index in [1.165, 1.54) is 36.0 Å². The zero-order valence-electron chi connectivity index (χ0n) is 19.8. The van der Waals surface area contributed by atoms with E-state index in [0.29, 0.717) is 28.2 Å². The Kier molecular flexibility index (Phi) is 9.07. The molecule has 1 aliphatic rings. The number of halogens is 4. The van der Waals surface area contributed by atoms with Crippen molar-refractivity contribution in [1.82, 2.24) is 9.73 Å². The molecular formula is C26H25ClF3N5S2. The molecule has 0 spiro atoms. The topological polar surface area (TPSA) is 66.0 Å². The minimum absolute atomic E-state index is 0.0235. The number of rotatable bonds is 7. The van der Waals surface area contributed by atoms with Crippen LogP contribution in [0, 0.1) is 0 Å². The normalized spacial score (nSPS) is 17.0. The van der Waals surface area contributed by atoms with Crippen molar-refractivity contribution < 1.29 is 13.2 Å². The summed E-state index contributed by atoms with van der Waals surface area (Å²) in [5.41, 5.74) is 2.24. The Hall–Kier alpha value is -2.66. The second-order valence-electron chi connectivity index (χ2n) is 8.40. The average Bonchev–Trinajstić information content (AvgIpc) is 3.33. The molecule has 2 atom stereocenters. The lowest BCUT2D eigenvalue weighted by Crippen LogP contribution is -2.35. The highest BCUT2D eigenvalue weighted by Gasteiger charge is 2.32. The van der Waals surface area contributed by atoms with Gasteiger partial charge in [0.15, 0.2) is 0 Å². The van der Waals surface area contributed by atoms with Gasteiger partial charge in [0.25, 0.3) is 0 Å². The highest BCUT2D eigenvalue weighted by Crippen LogP contribution is 2.32. The van der Waals surface area contributed by atoms with Crippen LogP contribution in [0.15, 0.2) is 93.9 Å². The van der Waals surface area contributed by atoms with Crippen LogP contribution in [-0.4, -0.2) is 35.0 Å². The number of nitrogens with zero attached hydrogens (tertiary/aromatic N) is 3. The lowest BCUT2D eigenvalue weighted by atomic mass is 9.91. The molecule has 0 amide bonds. The quantitative estimate of drug-likeness (QED) is 0.188. The Labute approximate surface area is 227 Å². The molecule has 3 aromatic rings. The second-order valence-corrected chi connectivity index (χ2v) is 10.4. The third kappa shape index (κ3) is 7.22. The average molecular weight is 564 g/mol. The SMILES string of the molecule is C[C@@H](CSN)N=C(NSc1ccc(C(F)(F)F)cc1)N1CC(c2ccccc2)C(c2ccc(Cl)cc2)=N1. The first-order valence-corrected chi connectivity index (χ1v) is 13.7. The molecule has 0 aromatic heterocycles. The first kappa shape index (κ1) is 27.4. The van der Waals surface area contributed by atoms with Crippen molar-refractivity contribution in [3.8, 4) is 0 Å². The molecule has 0 saturated carbocycles. The van der Waals surface area contributed by atoms with Gasteiger partial charge in [-0.25, -0.2) is 10.0 Å². The minimum atomic E-state index is -4.38. The van der Waals surface area contributed by atoms with Crippen LogP contribution < -0.4 is 9.86 Å². The van der Waals surface area contributed by atoms with E-state index in [1.54, 1.807) is 5.01 Å². The van der Waals surface area contributed by atoms with Crippen LogP contribution in [0.5, 0.6) is 0 Å². The van der Waals surface area contributed by atoms with Crippen LogP contribution >= 0.6 is 35.5 Å². The van der Waals surface area contributed by atoms with E-state index in [0.717, 1.165) is 29.0 Å². The summed E-state index contributed by atoms with van der Waals surface area (Å²) in [6, 6.07) is 22.5. The molecule has 0 aliphatic carbocycles. The predicted molar refractivity (Wildman–Crippen MR) is 148 cm³/mol. The molecule has 11 heteroatoms. The van der Waals surface area contributed by atoms with Crippen molar-refractivity contribution in [2.75, 3.05) is 12.3 Å². The lowest BCUT2D eigenvalue weighted by Gasteiger charge is -2.20. The van der Waals surface area contributed by atoms with E-state index in [4.69, 9.17) is 26.8 Å². The fourth-order valence-electron chi connectivity index (χ4n) is 3.81. The Morgan fingerprint density at radius 2 is 1.78 bits per heavy atom. The molecular weight excluding hydrogens is 539 g/mol. The highest BCUT2D eigenvalue weighted by molar-refractivity contribution is 7.98. The van der Waals surface area contributed by atoms with E-state index in [-0.39, 0.29) is 12.0 Å². The van der Waals surface area contributed by atoms with Crippen molar-refractivity contribution in [3.05, 3.63) is 101 Å². The first-order chi connectivity index (χ1) is 17.7.